The highest BCUT2D eigenvalue weighted by atomic mass is 32.2. The minimum Gasteiger partial charge on any atom is -0.297 e. The van der Waals surface area contributed by atoms with Crippen LogP contribution in [0.15, 0.2) is 41.0 Å². The predicted molar refractivity (Wildman–Crippen MR) is 90.5 cm³/mol. The fourth-order valence-corrected chi connectivity index (χ4v) is 3.84. The van der Waals surface area contributed by atoms with E-state index in [1.54, 1.807) is 0 Å². The monoisotopic (exact) mass is 340 g/mol. The van der Waals surface area contributed by atoms with Crippen molar-refractivity contribution in [1.82, 2.24) is 15.0 Å². The number of hydrogen-bond acceptors (Lipinski definition) is 7. The van der Waals surface area contributed by atoms with Gasteiger partial charge in [0.05, 0.1) is 17.3 Å². The first-order valence-corrected chi connectivity index (χ1v) is 8.72. The zero-order valence-electron chi connectivity index (χ0n) is 12.3. The minimum absolute atomic E-state index is 0.158. The molecule has 0 saturated heterocycles. The van der Waals surface area contributed by atoms with Gasteiger partial charge in [-0.15, -0.1) is 11.3 Å². The van der Waals surface area contributed by atoms with E-state index in [2.05, 4.69) is 21.0 Å². The second-order valence-electron chi connectivity index (χ2n) is 4.84. The van der Waals surface area contributed by atoms with E-state index in [0.717, 1.165) is 21.6 Å². The third-order valence-electron chi connectivity index (χ3n) is 3.19. The average molecular weight is 340 g/mol. The molecule has 0 N–H and O–H groups in total. The van der Waals surface area contributed by atoms with E-state index in [1.165, 1.54) is 29.4 Å². The molecule has 1 aromatic carbocycles. The number of thiazole rings is 1. The largest absolute Gasteiger partial charge is 0.297 e. The van der Waals surface area contributed by atoms with Crippen molar-refractivity contribution in [2.75, 3.05) is 5.75 Å². The molecule has 0 saturated carbocycles. The molecule has 0 radical (unpaired) electrons. The summed E-state index contributed by atoms with van der Waals surface area (Å²) in [4.78, 5) is 25.1. The number of Topliss-reactive ketones (excluding diaryl/α,β-unsaturated/α-hetero) is 1. The standard InChI is InChI=1S/C16H12N4OS2/c1-10-7-22-16(20-10)12(6-17)14(21)8-23-15-11-4-2-3-5-13(11)18-9-19-15/h2-5,7,9,12H,8H2,1H3/t12-/m1/s1. The van der Waals surface area contributed by atoms with Gasteiger partial charge in [0.15, 0.2) is 11.7 Å². The lowest BCUT2D eigenvalue weighted by atomic mass is 10.1. The van der Waals surface area contributed by atoms with E-state index in [4.69, 9.17) is 0 Å². The molecule has 7 heteroatoms. The van der Waals surface area contributed by atoms with Crippen molar-refractivity contribution < 1.29 is 4.79 Å². The number of thioether (sulfide) groups is 1. The highest BCUT2D eigenvalue weighted by Crippen LogP contribution is 2.27. The molecular weight excluding hydrogens is 328 g/mol. The third-order valence-corrected chi connectivity index (χ3v) is 5.25. The van der Waals surface area contributed by atoms with Crippen molar-refractivity contribution >= 4 is 39.8 Å². The summed E-state index contributed by atoms with van der Waals surface area (Å²) in [6, 6.07) is 9.70. The Morgan fingerprint density at radius 1 is 1.39 bits per heavy atom. The zero-order valence-corrected chi connectivity index (χ0v) is 13.9. The van der Waals surface area contributed by atoms with Gasteiger partial charge in [0.2, 0.25) is 0 Å². The van der Waals surface area contributed by atoms with Crippen LogP contribution in [-0.4, -0.2) is 26.5 Å². The molecule has 23 heavy (non-hydrogen) atoms. The van der Waals surface area contributed by atoms with Crippen molar-refractivity contribution in [2.24, 2.45) is 0 Å². The Morgan fingerprint density at radius 2 is 2.22 bits per heavy atom. The molecule has 0 aliphatic rings. The Morgan fingerprint density at radius 3 is 2.96 bits per heavy atom. The van der Waals surface area contributed by atoms with Gasteiger partial charge in [0.1, 0.15) is 16.4 Å². The molecule has 2 heterocycles. The smallest absolute Gasteiger partial charge is 0.167 e. The van der Waals surface area contributed by atoms with Crippen LogP contribution in [0.4, 0.5) is 0 Å². The predicted octanol–water partition coefficient (Wildman–Crippen LogP) is 3.36. The number of ketones is 1. The van der Waals surface area contributed by atoms with Gasteiger partial charge >= 0.3 is 0 Å². The van der Waals surface area contributed by atoms with Gasteiger partial charge in [0, 0.05) is 16.5 Å². The minimum atomic E-state index is -0.811. The van der Waals surface area contributed by atoms with Gasteiger partial charge in [-0.1, -0.05) is 30.0 Å². The molecule has 0 unspecified atom stereocenters. The number of nitriles is 1. The first kappa shape index (κ1) is 15.6. The third kappa shape index (κ3) is 3.38. The lowest BCUT2D eigenvalue weighted by Crippen LogP contribution is -2.13. The second kappa shape index (κ2) is 6.86. The Labute approximate surface area is 141 Å². The quantitative estimate of drug-likeness (QED) is 0.523. The molecule has 1 atom stereocenters. The Hall–Kier alpha value is -2.30. The highest BCUT2D eigenvalue weighted by Gasteiger charge is 2.23. The van der Waals surface area contributed by atoms with Crippen LogP contribution < -0.4 is 0 Å². The van der Waals surface area contributed by atoms with Crippen molar-refractivity contribution in [3.63, 3.8) is 0 Å². The highest BCUT2D eigenvalue weighted by molar-refractivity contribution is 8.00. The molecule has 114 valence electrons. The van der Waals surface area contributed by atoms with E-state index in [0.29, 0.717) is 5.01 Å². The van der Waals surface area contributed by atoms with E-state index in [9.17, 15) is 10.1 Å². The fraction of sp³-hybridized carbons (Fsp3) is 0.188. The van der Waals surface area contributed by atoms with E-state index >= 15 is 0 Å². The molecule has 0 fully saturated rings. The van der Waals surface area contributed by atoms with Crippen LogP contribution in [0.5, 0.6) is 0 Å². The number of aryl methyl sites for hydroxylation is 1. The number of benzene rings is 1. The molecule has 0 bridgehead atoms. The maximum atomic E-state index is 12.4. The molecule has 0 spiro atoms. The number of hydrogen-bond donors (Lipinski definition) is 0. The Bertz CT molecular complexity index is 895. The van der Waals surface area contributed by atoms with Gasteiger partial charge in [-0.3, -0.25) is 4.79 Å². The first-order valence-electron chi connectivity index (χ1n) is 6.86. The van der Waals surface area contributed by atoms with Crippen LogP contribution >= 0.6 is 23.1 Å². The molecule has 0 aliphatic heterocycles. The van der Waals surface area contributed by atoms with E-state index in [-0.39, 0.29) is 11.5 Å². The molecule has 2 aromatic heterocycles. The van der Waals surface area contributed by atoms with Crippen molar-refractivity contribution in [3.8, 4) is 6.07 Å². The van der Waals surface area contributed by atoms with Gasteiger partial charge < -0.3 is 0 Å². The number of para-hydroxylation sites is 1. The second-order valence-corrected chi connectivity index (χ2v) is 6.69. The molecule has 3 rings (SSSR count). The van der Waals surface area contributed by atoms with Gasteiger partial charge in [-0.25, -0.2) is 15.0 Å². The number of carbonyl (C=O) groups excluding carboxylic acids is 1. The van der Waals surface area contributed by atoms with Crippen molar-refractivity contribution in [3.05, 3.63) is 46.7 Å². The molecule has 3 aromatic rings. The van der Waals surface area contributed by atoms with Crippen LogP contribution in [0.1, 0.15) is 16.6 Å². The number of fused-ring (bicyclic) bond motifs is 1. The number of nitrogens with zero attached hydrogens (tertiary/aromatic N) is 4. The van der Waals surface area contributed by atoms with Gasteiger partial charge in [0.25, 0.3) is 0 Å². The van der Waals surface area contributed by atoms with Gasteiger partial charge in [-0.2, -0.15) is 5.26 Å². The lowest BCUT2D eigenvalue weighted by molar-refractivity contribution is -0.116. The summed E-state index contributed by atoms with van der Waals surface area (Å²) >= 11 is 2.67. The molecular formula is C16H12N4OS2. The summed E-state index contributed by atoms with van der Waals surface area (Å²) in [6.45, 7) is 1.85. The van der Waals surface area contributed by atoms with Crippen LogP contribution in [-0.2, 0) is 4.79 Å². The summed E-state index contributed by atoms with van der Waals surface area (Å²) in [5.41, 5.74) is 1.66. The van der Waals surface area contributed by atoms with Crippen LogP contribution in [0.2, 0.25) is 0 Å². The van der Waals surface area contributed by atoms with Crippen LogP contribution in [0, 0.1) is 18.3 Å². The summed E-state index contributed by atoms with van der Waals surface area (Å²) in [6.07, 6.45) is 1.49. The Kier molecular flexibility index (Phi) is 4.65. The summed E-state index contributed by atoms with van der Waals surface area (Å²) in [5.74, 6) is -0.790. The number of aromatic nitrogens is 3. The van der Waals surface area contributed by atoms with Gasteiger partial charge in [-0.05, 0) is 13.0 Å². The topological polar surface area (TPSA) is 79.5 Å². The fourth-order valence-electron chi connectivity index (χ4n) is 2.09. The molecule has 5 nitrogen and oxygen atoms in total. The van der Waals surface area contributed by atoms with E-state index in [1.807, 2.05) is 36.6 Å². The van der Waals surface area contributed by atoms with Crippen LogP contribution in [0.3, 0.4) is 0 Å². The number of rotatable bonds is 5. The van der Waals surface area contributed by atoms with Crippen molar-refractivity contribution in [1.29, 1.82) is 5.26 Å². The number of carbonyl (C=O) groups is 1. The summed E-state index contributed by atoms with van der Waals surface area (Å²) < 4.78 is 0. The molecule has 0 aliphatic carbocycles. The molecule has 0 amide bonds. The SMILES string of the molecule is Cc1csc([C@H](C#N)C(=O)CSc2ncnc3ccccc23)n1. The zero-order chi connectivity index (χ0) is 16.2. The van der Waals surface area contributed by atoms with E-state index < -0.39 is 5.92 Å². The lowest BCUT2D eigenvalue weighted by Gasteiger charge is -2.06. The Balaban J connectivity index is 1.76. The average Bonchev–Trinajstić information content (AvgIpc) is 2.99. The van der Waals surface area contributed by atoms with Crippen molar-refractivity contribution in [2.45, 2.75) is 17.9 Å². The summed E-state index contributed by atoms with van der Waals surface area (Å²) in [7, 11) is 0. The van der Waals surface area contributed by atoms with Crippen LogP contribution in [0.25, 0.3) is 10.9 Å². The first-order chi connectivity index (χ1) is 11.2. The maximum Gasteiger partial charge on any atom is 0.167 e. The normalized spacial score (nSPS) is 12.0. The summed E-state index contributed by atoms with van der Waals surface area (Å²) in [5, 5.41) is 13.3. The maximum absolute atomic E-state index is 12.4.